The minimum Gasteiger partial charge on any atom is -0.310 e. The van der Waals surface area contributed by atoms with Crippen LogP contribution in [0, 0.1) is 0 Å². The van der Waals surface area contributed by atoms with Gasteiger partial charge in [0, 0.05) is 33.2 Å². The van der Waals surface area contributed by atoms with E-state index >= 15 is 0 Å². The molecule has 8 aromatic rings. The predicted molar refractivity (Wildman–Crippen MR) is 178 cm³/mol. The number of rotatable bonds is 5. The molecular formula is C40H28N2. The van der Waals surface area contributed by atoms with Crippen LogP contribution in [0.4, 0.5) is 17.1 Å². The summed E-state index contributed by atoms with van der Waals surface area (Å²) in [5, 5.41) is 4.93. The Labute approximate surface area is 245 Å². The van der Waals surface area contributed by atoms with Crippen LogP contribution in [-0.4, -0.2) is 4.57 Å². The maximum atomic E-state index is 2.41. The molecule has 1 heterocycles. The molecule has 0 aliphatic heterocycles. The molecule has 0 saturated heterocycles. The van der Waals surface area contributed by atoms with Gasteiger partial charge in [-0.25, -0.2) is 0 Å². The molecule has 8 rings (SSSR count). The predicted octanol–water partition coefficient (Wildman–Crippen LogP) is 11.1. The van der Waals surface area contributed by atoms with Crippen LogP contribution >= 0.6 is 0 Å². The lowest BCUT2D eigenvalue weighted by Crippen LogP contribution is -2.10. The first-order chi connectivity index (χ1) is 20.8. The van der Waals surface area contributed by atoms with Gasteiger partial charge in [-0.1, -0.05) is 121 Å². The van der Waals surface area contributed by atoms with Gasteiger partial charge in [0.2, 0.25) is 0 Å². The van der Waals surface area contributed by atoms with E-state index in [0.29, 0.717) is 0 Å². The second-order valence-corrected chi connectivity index (χ2v) is 10.6. The molecule has 0 N–H and O–H groups in total. The lowest BCUT2D eigenvalue weighted by atomic mass is 10.0. The highest BCUT2D eigenvalue weighted by Crippen LogP contribution is 2.42. The van der Waals surface area contributed by atoms with Gasteiger partial charge < -0.3 is 9.47 Å². The van der Waals surface area contributed by atoms with Gasteiger partial charge in [0.1, 0.15) is 0 Å². The summed E-state index contributed by atoms with van der Waals surface area (Å²) in [5.74, 6) is 0. The van der Waals surface area contributed by atoms with Gasteiger partial charge in [-0.05, 0) is 65.0 Å². The van der Waals surface area contributed by atoms with Gasteiger partial charge >= 0.3 is 0 Å². The van der Waals surface area contributed by atoms with Gasteiger partial charge in [-0.3, -0.25) is 0 Å². The summed E-state index contributed by atoms with van der Waals surface area (Å²) in [6.45, 7) is 0. The fraction of sp³-hybridized carbons (Fsp3) is 0. The topological polar surface area (TPSA) is 8.17 Å². The molecule has 42 heavy (non-hydrogen) atoms. The molecule has 0 aliphatic carbocycles. The number of benzene rings is 7. The second kappa shape index (κ2) is 10.1. The van der Waals surface area contributed by atoms with Crippen molar-refractivity contribution in [3.63, 3.8) is 0 Å². The molecule has 0 atom stereocenters. The van der Waals surface area contributed by atoms with Gasteiger partial charge in [0.25, 0.3) is 0 Å². The van der Waals surface area contributed by atoms with Crippen LogP contribution in [-0.2, 0) is 0 Å². The number of hydrogen-bond acceptors (Lipinski definition) is 1. The molecule has 0 radical (unpaired) electrons. The Bertz CT molecular complexity index is 2170. The minimum atomic E-state index is 1.12. The van der Waals surface area contributed by atoms with E-state index < -0.39 is 0 Å². The summed E-state index contributed by atoms with van der Waals surface area (Å²) in [7, 11) is 0. The smallest absolute Gasteiger partial charge is 0.0561 e. The van der Waals surface area contributed by atoms with E-state index in [2.05, 4.69) is 179 Å². The van der Waals surface area contributed by atoms with Crippen LogP contribution < -0.4 is 4.90 Å². The van der Waals surface area contributed by atoms with E-state index in [1.165, 1.54) is 43.7 Å². The first-order valence-corrected chi connectivity index (χ1v) is 14.4. The van der Waals surface area contributed by atoms with Crippen LogP contribution in [0.2, 0.25) is 0 Å². The number of anilines is 3. The molecule has 0 bridgehead atoms. The quantitative estimate of drug-likeness (QED) is 0.212. The molecule has 0 spiro atoms. The number of fused-ring (bicyclic) bond motifs is 4. The lowest BCUT2D eigenvalue weighted by molar-refractivity contribution is 1.18. The Morgan fingerprint density at radius 1 is 0.381 bits per heavy atom. The Morgan fingerprint density at radius 3 is 1.79 bits per heavy atom. The van der Waals surface area contributed by atoms with E-state index in [-0.39, 0.29) is 0 Å². The van der Waals surface area contributed by atoms with Crippen molar-refractivity contribution in [2.24, 2.45) is 0 Å². The summed E-state index contributed by atoms with van der Waals surface area (Å²) in [6, 6.07) is 60.9. The third kappa shape index (κ3) is 4.05. The van der Waals surface area contributed by atoms with E-state index in [0.717, 1.165) is 22.7 Å². The van der Waals surface area contributed by atoms with Crippen molar-refractivity contribution in [3.05, 3.63) is 170 Å². The number of para-hydroxylation sites is 2. The SMILES string of the molecule is c1ccc(-c2ccc3c4ccc(N(c5ccccc5)c5cccc6ccccc56)cc4n(-c4ccccc4)c3c2)cc1. The second-order valence-electron chi connectivity index (χ2n) is 10.6. The van der Waals surface area contributed by atoms with Crippen molar-refractivity contribution in [1.29, 1.82) is 0 Å². The summed E-state index contributed by atoms with van der Waals surface area (Å²) < 4.78 is 2.41. The van der Waals surface area contributed by atoms with E-state index in [1.54, 1.807) is 0 Å². The first kappa shape index (κ1) is 24.2. The number of nitrogens with zero attached hydrogens (tertiary/aromatic N) is 2. The largest absolute Gasteiger partial charge is 0.310 e. The third-order valence-corrected chi connectivity index (χ3v) is 8.15. The Balaban J connectivity index is 1.42. The normalized spacial score (nSPS) is 11.3. The molecule has 7 aromatic carbocycles. The Morgan fingerprint density at radius 2 is 1.00 bits per heavy atom. The van der Waals surface area contributed by atoms with E-state index in [9.17, 15) is 0 Å². The maximum absolute atomic E-state index is 2.41. The number of aromatic nitrogens is 1. The monoisotopic (exact) mass is 536 g/mol. The fourth-order valence-corrected chi connectivity index (χ4v) is 6.22. The molecule has 0 aliphatic rings. The molecule has 2 nitrogen and oxygen atoms in total. The van der Waals surface area contributed by atoms with Crippen molar-refractivity contribution in [2.75, 3.05) is 4.90 Å². The van der Waals surface area contributed by atoms with Crippen molar-refractivity contribution < 1.29 is 0 Å². The molecule has 198 valence electrons. The zero-order valence-electron chi connectivity index (χ0n) is 23.1. The highest BCUT2D eigenvalue weighted by molar-refractivity contribution is 6.11. The van der Waals surface area contributed by atoms with Gasteiger partial charge in [-0.15, -0.1) is 0 Å². The molecule has 0 unspecified atom stereocenters. The van der Waals surface area contributed by atoms with Crippen molar-refractivity contribution in [1.82, 2.24) is 4.57 Å². The molecule has 1 aromatic heterocycles. The molecular weight excluding hydrogens is 508 g/mol. The molecule has 0 amide bonds. The van der Waals surface area contributed by atoms with Gasteiger partial charge in [0.15, 0.2) is 0 Å². The molecule has 2 heteroatoms. The third-order valence-electron chi connectivity index (χ3n) is 8.15. The molecule has 0 fully saturated rings. The van der Waals surface area contributed by atoms with Crippen LogP contribution in [0.15, 0.2) is 170 Å². The highest BCUT2D eigenvalue weighted by Gasteiger charge is 2.19. The van der Waals surface area contributed by atoms with Gasteiger partial charge in [-0.2, -0.15) is 0 Å². The summed E-state index contributed by atoms with van der Waals surface area (Å²) in [4.78, 5) is 2.38. The zero-order valence-corrected chi connectivity index (χ0v) is 23.1. The summed E-state index contributed by atoms with van der Waals surface area (Å²) in [5.41, 5.74) is 9.37. The maximum Gasteiger partial charge on any atom is 0.0561 e. The standard InChI is InChI=1S/C40H28N2/c1-4-13-29(14-5-1)31-23-25-36-37-26-24-34(28-40(37)42(39(36)27-31)33-19-8-3-9-20-33)41(32-17-6-2-7-18-32)38-22-12-16-30-15-10-11-21-35(30)38/h1-28H. The van der Waals surface area contributed by atoms with E-state index in [1.807, 2.05) is 0 Å². The average molecular weight is 537 g/mol. The molecule has 0 saturated carbocycles. The van der Waals surface area contributed by atoms with Crippen molar-refractivity contribution in [3.8, 4) is 16.8 Å². The summed E-state index contributed by atoms with van der Waals surface area (Å²) in [6.07, 6.45) is 0. The number of hydrogen-bond donors (Lipinski definition) is 0. The Hall–Kier alpha value is -5.60. The van der Waals surface area contributed by atoms with Crippen LogP contribution in [0.25, 0.3) is 49.4 Å². The van der Waals surface area contributed by atoms with Crippen molar-refractivity contribution >= 4 is 49.6 Å². The lowest BCUT2D eigenvalue weighted by Gasteiger charge is -2.27. The van der Waals surface area contributed by atoms with Gasteiger partial charge in [0.05, 0.1) is 16.7 Å². The summed E-state index contributed by atoms with van der Waals surface area (Å²) >= 11 is 0. The van der Waals surface area contributed by atoms with Crippen molar-refractivity contribution in [2.45, 2.75) is 0 Å². The average Bonchev–Trinajstić information content (AvgIpc) is 3.39. The van der Waals surface area contributed by atoms with Crippen LogP contribution in [0.5, 0.6) is 0 Å². The van der Waals surface area contributed by atoms with Crippen LogP contribution in [0.1, 0.15) is 0 Å². The Kier molecular flexibility index (Phi) is 5.82. The zero-order chi connectivity index (χ0) is 27.9. The van der Waals surface area contributed by atoms with Crippen LogP contribution in [0.3, 0.4) is 0 Å². The van der Waals surface area contributed by atoms with E-state index in [4.69, 9.17) is 0 Å². The highest BCUT2D eigenvalue weighted by atomic mass is 15.1. The minimum absolute atomic E-state index is 1.12. The first-order valence-electron chi connectivity index (χ1n) is 14.4. The fourth-order valence-electron chi connectivity index (χ4n) is 6.22.